The molecule has 0 unspecified atom stereocenters. The number of hydrogen-bond donors (Lipinski definition) is 0. The minimum absolute atomic E-state index is 0.103. The highest BCUT2D eigenvalue weighted by atomic mass is 32.2. The van der Waals surface area contributed by atoms with E-state index in [1.807, 2.05) is 0 Å². The van der Waals surface area contributed by atoms with Gasteiger partial charge >= 0.3 is 0 Å². The zero-order valence-corrected chi connectivity index (χ0v) is 10.8. The van der Waals surface area contributed by atoms with Gasteiger partial charge in [-0.1, -0.05) is 11.8 Å². The van der Waals surface area contributed by atoms with E-state index in [0.29, 0.717) is 6.61 Å². The summed E-state index contributed by atoms with van der Waals surface area (Å²) in [6, 6.07) is 0. The van der Waals surface area contributed by atoms with E-state index in [9.17, 15) is 8.42 Å². The first kappa shape index (κ1) is 13.6. The van der Waals surface area contributed by atoms with Crippen molar-refractivity contribution in [3.63, 3.8) is 0 Å². The highest BCUT2D eigenvalue weighted by Crippen LogP contribution is 2.00. The Morgan fingerprint density at radius 3 is 2.07 bits per heavy atom. The molecule has 0 aromatic heterocycles. The van der Waals surface area contributed by atoms with Crippen LogP contribution in [0.5, 0.6) is 0 Å². The first-order valence-electron chi connectivity index (χ1n) is 4.15. The Morgan fingerprint density at radius 1 is 1.14 bits per heavy atom. The summed E-state index contributed by atoms with van der Waals surface area (Å²) >= 11 is 0. The van der Waals surface area contributed by atoms with Crippen LogP contribution >= 0.6 is 0 Å². The first-order chi connectivity index (χ1) is 6.21. The molecule has 0 saturated carbocycles. The molecule has 82 valence electrons. The van der Waals surface area contributed by atoms with Gasteiger partial charge in [-0.2, -0.15) is 8.42 Å². The van der Waals surface area contributed by atoms with E-state index in [4.69, 9.17) is 4.43 Å². The van der Waals surface area contributed by atoms with E-state index in [0.717, 1.165) is 6.26 Å². The lowest BCUT2D eigenvalue weighted by molar-refractivity contribution is 0.358. The van der Waals surface area contributed by atoms with Crippen LogP contribution < -0.4 is 0 Å². The highest BCUT2D eigenvalue weighted by molar-refractivity contribution is 7.85. The molecule has 14 heavy (non-hydrogen) atoms. The van der Waals surface area contributed by atoms with Gasteiger partial charge in [0.1, 0.15) is 6.61 Å². The van der Waals surface area contributed by atoms with Crippen LogP contribution in [0, 0.1) is 11.8 Å². The van der Waals surface area contributed by atoms with Gasteiger partial charge in [0, 0.05) is 0 Å². The second-order valence-electron chi connectivity index (χ2n) is 3.72. The van der Waals surface area contributed by atoms with Crippen LogP contribution in [0.4, 0.5) is 0 Å². The van der Waals surface area contributed by atoms with Gasteiger partial charge in [-0.25, -0.2) is 0 Å². The zero-order chi connectivity index (χ0) is 11.2. The summed E-state index contributed by atoms with van der Waals surface area (Å²) in [4.78, 5) is 0. The molecule has 0 aliphatic carbocycles. The number of hydrogen-bond acceptors (Lipinski definition) is 4. The summed E-state index contributed by atoms with van der Waals surface area (Å²) in [5.74, 6) is 5.25. The Morgan fingerprint density at radius 2 is 1.64 bits per heavy atom. The van der Waals surface area contributed by atoms with Gasteiger partial charge in [0.15, 0.2) is 8.32 Å². The molecule has 0 rings (SSSR count). The van der Waals surface area contributed by atoms with Crippen LogP contribution in [0.2, 0.25) is 19.6 Å². The molecule has 0 radical (unpaired) electrons. The Balaban J connectivity index is 3.66. The van der Waals surface area contributed by atoms with Crippen LogP contribution in [0.1, 0.15) is 0 Å². The van der Waals surface area contributed by atoms with Crippen molar-refractivity contribution in [3.05, 3.63) is 0 Å². The van der Waals surface area contributed by atoms with Crippen molar-refractivity contribution in [1.29, 1.82) is 0 Å². The van der Waals surface area contributed by atoms with Gasteiger partial charge in [0.25, 0.3) is 10.1 Å². The van der Waals surface area contributed by atoms with Crippen LogP contribution in [-0.4, -0.2) is 36.2 Å². The smallest absolute Gasteiger partial charge is 0.265 e. The van der Waals surface area contributed by atoms with Crippen molar-refractivity contribution >= 4 is 18.4 Å². The van der Waals surface area contributed by atoms with Crippen molar-refractivity contribution < 1.29 is 17.0 Å². The minimum atomic E-state index is -3.37. The molecule has 0 aliphatic heterocycles. The maximum Gasteiger partial charge on any atom is 0.265 e. The third-order valence-electron chi connectivity index (χ3n) is 1.05. The van der Waals surface area contributed by atoms with Crippen LogP contribution in [0.15, 0.2) is 0 Å². The Bertz CT molecular complexity index is 317. The second kappa shape index (κ2) is 5.51. The largest absolute Gasteiger partial charge is 0.407 e. The molecule has 0 atom stereocenters. The summed E-state index contributed by atoms with van der Waals surface area (Å²) in [5, 5.41) is 0. The summed E-state index contributed by atoms with van der Waals surface area (Å²) in [6.45, 7) is 6.40. The average molecular weight is 236 g/mol. The molecule has 0 N–H and O–H groups in total. The minimum Gasteiger partial charge on any atom is -0.407 e. The summed E-state index contributed by atoms with van der Waals surface area (Å²) in [6.07, 6.45) is 0.993. The molecular weight excluding hydrogens is 220 g/mol. The van der Waals surface area contributed by atoms with Gasteiger partial charge < -0.3 is 4.43 Å². The second-order valence-corrected chi connectivity index (χ2v) is 9.88. The predicted molar refractivity (Wildman–Crippen MR) is 57.9 cm³/mol. The maximum atomic E-state index is 10.5. The molecule has 0 saturated heterocycles. The van der Waals surface area contributed by atoms with E-state index >= 15 is 0 Å². The lowest BCUT2D eigenvalue weighted by atomic mass is 10.6. The molecule has 0 heterocycles. The fourth-order valence-corrected chi connectivity index (χ4v) is 1.27. The summed E-state index contributed by atoms with van der Waals surface area (Å²) in [5.41, 5.74) is 0. The van der Waals surface area contributed by atoms with E-state index in [1.165, 1.54) is 0 Å². The van der Waals surface area contributed by atoms with Crippen molar-refractivity contribution in [2.75, 3.05) is 19.5 Å². The summed E-state index contributed by atoms with van der Waals surface area (Å²) < 4.78 is 30.9. The molecule has 0 bridgehead atoms. The molecule has 6 heteroatoms. The molecule has 0 spiro atoms. The predicted octanol–water partition coefficient (Wildman–Crippen LogP) is 0.817. The van der Waals surface area contributed by atoms with Gasteiger partial charge in [-0.3, -0.25) is 4.18 Å². The van der Waals surface area contributed by atoms with Crippen LogP contribution in [0.25, 0.3) is 0 Å². The van der Waals surface area contributed by atoms with Crippen molar-refractivity contribution in [2.45, 2.75) is 19.6 Å². The number of rotatable bonds is 4. The molecule has 0 aromatic carbocycles. The molecule has 0 aliphatic rings. The van der Waals surface area contributed by atoms with E-state index < -0.39 is 18.4 Å². The SMILES string of the molecule is C[Si](C)(C)OCC#CCOS(C)(=O)=O. The third-order valence-corrected chi connectivity index (χ3v) is 2.60. The van der Waals surface area contributed by atoms with Crippen LogP contribution in [-0.2, 0) is 18.7 Å². The van der Waals surface area contributed by atoms with Crippen molar-refractivity contribution in [2.24, 2.45) is 0 Å². The van der Waals surface area contributed by atoms with E-state index in [1.54, 1.807) is 0 Å². The van der Waals surface area contributed by atoms with E-state index in [-0.39, 0.29) is 6.61 Å². The molecule has 0 fully saturated rings. The zero-order valence-electron chi connectivity index (χ0n) is 8.96. The van der Waals surface area contributed by atoms with Gasteiger partial charge in [-0.05, 0) is 19.6 Å². The third kappa shape index (κ3) is 11.6. The normalized spacial score (nSPS) is 12.0. The molecular formula is C8H16O4SSi. The molecule has 4 nitrogen and oxygen atoms in total. The lowest BCUT2D eigenvalue weighted by Crippen LogP contribution is -2.25. The highest BCUT2D eigenvalue weighted by Gasteiger charge is 2.12. The fourth-order valence-electron chi connectivity index (χ4n) is 0.491. The van der Waals surface area contributed by atoms with Gasteiger partial charge in [0.2, 0.25) is 0 Å². The Hall–Kier alpha value is -0.353. The standard InChI is InChI=1S/C8H16O4SSi/c1-13(9,10)11-7-5-6-8-12-14(2,3)4/h7-8H2,1-4H3. The maximum absolute atomic E-state index is 10.5. The topological polar surface area (TPSA) is 52.6 Å². The monoisotopic (exact) mass is 236 g/mol. The van der Waals surface area contributed by atoms with Crippen molar-refractivity contribution in [3.8, 4) is 11.8 Å². The summed E-state index contributed by atoms with van der Waals surface area (Å²) in [7, 11) is -4.89. The first-order valence-corrected chi connectivity index (χ1v) is 9.37. The molecule has 0 amide bonds. The fraction of sp³-hybridized carbons (Fsp3) is 0.750. The quantitative estimate of drug-likeness (QED) is 0.412. The van der Waals surface area contributed by atoms with Crippen LogP contribution in [0.3, 0.4) is 0 Å². The average Bonchev–Trinajstić information content (AvgIpc) is 1.92. The van der Waals surface area contributed by atoms with E-state index in [2.05, 4.69) is 35.7 Å². The Labute approximate surface area is 86.9 Å². The molecule has 0 aromatic rings. The van der Waals surface area contributed by atoms with Crippen molar-refractivity contribution in [1.82, 2.24) is 0 Å². The van der Waals surface area contributed by atoms with Gasteiger partial charge in [0.05, 0.1) is 12.9 Å². The Kier molecular flexibility index (Phi) is 5.37. The lowest BCUT2D eigenvalue weighted by Gasteiger charge is -2.13. The van der Waals surface area contributed by atoms with Gasteiger partial charge in [-0.15, -0.1) is 0 Å².